The fourth-order valence-electron chi connectivity index (χ4n) is 2.56. The molecule has 0 spiro atoms. The van der Waals surface area contributed by atoms with E-state index in [2.05, 4.69) is 15.0 Å². The predicted molar refractivity (Wildman–Crippen MR) is 95.4 cm³/mol. The number of para-hydroxylation sites is 1. The van der Waals surface area contributed by atoms with E-state index in [0.29, 0.717) is 16.8 Å². The van der Waals surface area contributed by atoms with Crippen LogP contribution < -0.4 is 10.1 Å². The number of nitrogens with one attached hydrogen (secondary N) is 1. The summed E-state index contributed by atoms with van der Waals surface area (Å²) in [5, 5.41) is 3.70. The maximum Gasteiger partial charge on any atom is 0.573 e. The fourth-order valence-corrected chi connectivity index (χ4v) is 2.56. The average molecular weight is 375 g/mol. The Balaban J connectivity index is 1.65. The first-order valence-electron chi connectivity index (χ1n) is 8.02. The van der Waals surface area contributed by atoms with Crippen molar-refractivity contribution >= 4 is 22.6 Å². The van der Waals surface area contributed by atoms with Gasteiger partial charge in [0.25, 0.3) is 0 Å². The van der Waals surface area contributed by atoms with Gasteiger partial charge in [-0.3, -0.25) is 4.98 Å². The van der Waals surface area contributed by atoms with Gasteiger partial charge in [-0.05, 0) is 29.8 Å². The Hall–Kier alpha value is -3.29. The third-order valence-electron chi connectivity index (χ3n) is 3.80. The van der Waals surface area contributed by atoms with Crippen molar-refractivity contribution < 1.29 is 22.7 Å². The van der Waals surface area contributed by atoms with E-state index in [-0.39, 0.29) is 18.3 Å². The minimum atomic E-state index is -4.73. The molecule has 1 aromatic heterocycles. The zero-order valence-corrected chi connectivity index (χ0v) is 14.3. The van der Waals surface area contributed by atoms with Crippen molar-refractivity contribution in [3.05, 3.63) is 66.4 Å². The van der Waals surface area contributed by atoms with E-state index in [1.807, 2.05) is 24.3 Å². The SMILES string of the molecule is CN(Cc1ccc(OC(F)(F)F)cc1)C(=O)Nc1cccc2cccnc12. The fraction of sp³-hybridized carbons (Fsp3) is 0.158. The van der Waals surface area contributed by atoms with Gasteiger partial charge in [-0.25, -0.2) is 4.79 Å². The number of carbonyl (C=O) groups excluding carboxylic acids is 1. The minimum Gasteiger partial charge on any atom is -0.406 e. The van der Waals surface area contributed by atoms with Crippen LogP contribution in [-0.4, -0.2) is 29.3 Å². The number of aromatic nitrogens is 1. The molecule has 0 unspecified atom stereocenters. The highest BCUT2D eigenvalue weighted by molar-refractivity contribution is 5.99. The van der Waals surface area contributed by atoms with Crippen LogP contribution in [0.5, 0.6) is 5.75 Å². The standard InChI is InChI=1S/C19H16F3N3O2/c1-25(12-13-7-9-15(10-8-13)27-19(20,21)22)18(26)24-16-6-2-4-14-5-3-11-23-17(14)16/h2-11H,12H2,1H3,(H,24,26). The van der Waals surface area contributed by atoms with E-state index in [0.717, 1.165) is 5.39 Å². The molecule has 3 aromatic rings. The Labute approximate surface area is 153 Å². The molecule has 2 aromatic carbocycles. The maximum atomic E-state index is 12.4. The normalized spacial score (nSPS) is 11.3. The number of pyridine rings is 1. The second-order valence-electron chi connectivity index (χ2n) is 5.86. The van der Waals surface area contributed by atoms with Gasteiger partial charge >= 0.3 is 12.4 Å². The summed E-state index contributed by atoms with van der Waals surface area (Å²) in [5.74, 6) is -0.305. The summed E-state index contributed by atoms with van der Waals surface area (Å²) in [6.07, 6.45) is -3.09. The van der Waals surface area contributed by atoms with Gasteiger partial charge in [-0.2, -0.15) is 0 Å². The van der Waals surface area contributed by atoms with Gasteiger partial charge in [0.1, 0.15) is 5.75 Å². The summed E-state index contributed by atoms with van der Waals surface area (Å²) < 4.78 is 40.4. The molecule has 5 nitrogen and oxygen atoms in total. The molecule has 1 N–H and O–H groups in total. The average Bonchev–Trinajstić information content (AvgIpc) is 2.62. The van der Waals surface area contributed by atoms with Crippen LogP contribution in [0.2, 0.25) is 0 Å². The van der Waals surface area contributed by atoms with Gasteiger partial charge < -0.3 is 15.0 Å². The lowest BCUT2D eigenvalue weighted by Gasteiger charge is -2.19. The van der Waals surface area contributed by atoms with Crippen molar-refractivity contribution in [2.75, 3.05) is 12.4 Å². The van der Waals surface area contributed by atoms with E-state index in [4.69, 9.17) is 0 Å². The number of alkyl halides is 3. The van der Waals surface area contributed by atoms with Crippen molar-refractivity contribution in [1.82, 2.24) is 9.88 Å². The van der Waals surface area contributed by atoms with E-state index in [9.17, 15) is 18.0 Å². The summed E-state index contributed by atoms with van der Waals surface area (Å²) in [6.45, 7) is 0.219. The molecule has 0 aliphatic heterocycles. The number of carbonyl (C=O) groups is 1. The van der Waals surface area contributed by atoms with Crippen molar-refractivity contribution in [1.29, 1.82) is 0 Å². The lowest BCUT2D eigenvalue weighted by Crippen LogP contribution is -2.30. The van der Waals surface area contributed by atoms with Crippen LogP contribution in [0.4, 0.5) is 23.7 Å². The molecule has 1 heterocycles. The Morgan fingerprint density at radius 1 is 1.11 bits per heavy atom. The predicted octanol–water partition coefficient (Wildman–Crippen LogP) is 4.80. The van der Waals surface area contributed by atoms with Crippen LogP contribution in [0, 0.1) is 0 Å². The number of fused-ring (bicyclic) bond motifs is 1. The van der Waals surface area contributed by atoms with Crippen LogP contribution in [0.3, 0.4) is 0 Å². The van der Waals surface area contributed by atoms with Gasteiger partial charge in [-0.15, -0.1) is 13.2 Å². The molecular formula is C19H16F3N3O2. The van der Waals surface area contributed by atoms with Crippen molar-refractivity contribution in [3.63, 3.8) is 0 Å². The summed E-state index contributed by atoms with van der Waals surface area (Å²) in [6, 6.07) is 14.2. The topological polar surface area (TPSA) is 54.5 Å². The Morgan fingerprint density at radius 3 is 2.52 bits per heavy atom. The first kappa shape index (κ1) is 18.5. The molecule has 0 fully saturated rings. The van der Waals surface area contributed by atoms with E-state index in [1.54, 1.807) is 19.3 Å². The van der Waals surface area contributed by atoms with Gasteiger partial charge in [-0.1, -0.05) is 30.3 Å². The number of ether oxygens (including phenoxy) is 1. The number of hydrogen-bond donors (Lipinski definition) is 1. The Kier molecular flexibility index (Phi) is 5.16. The van der Waals surface area contributed by atoms with Crippen molar-refractivity contribution in [2.45, 2.75) is 12.9 Å². The van der Waals surface area contributed by atoms with Crippen LogP contribution in [0.25, 0.3) is 10.9 Å². The number of hydrogen-bond acceptors (Lipinski definition) is 3. The first-order valence-corrected chi connectivity index (χ1v) is 8.02. The molecule has 0 atom stereocenters. The summed E-state index contributed by atoms with van der Waals surface area (Å²) in [4.78, 5) is 18.1. The van der Waals surface area contributed by atoms with Crippen LogP contribution >= 0.6 is 0 Å². The molecule has 140 valence electrons. The number of nitrogens with zero attached hydrogens (tertiary/aromatic N) is 2. The second kappa shape index (κ2) is 7.53. The highest BCUT2D eigenvalue weighted by atomic mass is 19.4. The minimum absolute atomic E-state index is 0.219. The smallest absolute Gasteiger partial charge is 0.406 e. The molecule has 0 bridgehead atoms. The summed E-state index contributed by atoms with van der Waals surface area (Å²) in [5.41, 5.74) is 1.92. The molecule has 0 aliphatic carbocycles. The van der Waals surface area contributed by atoms with E-state index < -0.39 is 6.36 Å². The van der Waals surface area contributed by atoms with Gasteiger partial charge in [0.2, 0.25) is 0 Å². The lowest BCUT2D eigenvalue weighted by atomic mass is 10.2. The third-order valence-corrected chi connectivity index (χ3v) is 3.80. The quantitative estimate of drug-likeness (QED) is 0.713. The highest BCUT2D eigenvalue weighted by Crippen LogP contribution is 2.23. The zero-order chi connectivity index (χ0) is 19.4. The van der Waals surface area contributed by atoms with Gasteiger partial charge in [0.05, 0.1) is 11.2 Å². The van der Waals surface area contributed by atoms with Gasteiger partial charge in [0, 0.05) is 25.2 Å². The van der Waals surface area contributed by atoms with Crippen LogP contribution in [0.15, 0.2) is 60.8 Å². The molecule has 3 rings (SSSR count). The number of rotatable bonds is 4. The molecule has 0 saturated heterocycles. The lowest BCUT2D eigenvalue weighted by molar-refractivity contribution is -0.274. The molecule has 8 heteroatoms. The Bertz CT molecular complexity index is 938. The molecule has 0 radical (unpaired) electrons. The van der Waals surface area contributed by atoms with Crippen molar-refractivity contribution in [3.8, 4) is 5.75 Å². The van der Waals surface area contributed by atoms with Crippen LogP contribution in [-0.2, 0) is 6.54 Å². The first-order chi connectivity index (χ1) is 12.8. The largest absolute Gasteiger partial charge is 0.573 e. The van der Waals surface area contributed by atoms with E-state index >= 15 is 0 Å². The molecular weight excluding hydrogens is 359 g/mol. The number of urea groups is 1. The summed E-state index contributed by atoms with van der Waals surface area (Å²) >= 11 is 0. The molecule has 0 saturated carbocycles. The van der Waals surface area contributed by atoms with Crippen molar-refractivity contribution in [2.24, 2.45) is 0 Å². The molecule has 2 amide bonds. The number of anilines is 1. The number of amides is 2. The number of halogens is 3. The van der Waals surface area contributed by atoms with Gasteiger partial charge in [0.15, 0.2) is 0 Å². The number of benzene rings is 2. The monoisotopic (exact) mass is 375 g/mol. The zero-order valence-electron chi connectivity index (χ0n) is 14.3. The molecule has 27 heavy (non-hydrogen) atoms. The molecule has 0 aliphatic rings. The third kappa shape index (κ3) is 4.87. The Morgan fingerprint density at radius 2 is 1.81 bits per heavy atom. The second-order valence-corrected chi connectivity index (χ2v) is 5.86. The van der Waals surface area contributed by atoms with E-state index in [1.165, 1.54) is 29.2 Å². The highest BCUT2D eigenvalue weighted by Gasteiger charge is 2.30. The maximum absolute atomic E-state index is 12.4. The van der Waals surface area contributed by atoms with Crippen LogP contribution in [0.1, 0.15) is 5.56 Å². The summed E-state index contributed by atoms with van der Waals surface area (Å²) in [7, 11) is 1.59.